The van der Waals surface area contributed by atoms with Crippen molar-refractivity contribution in [3.05, 3.63) is 0 Å². The van der Waals surface area contributed by atoms with E-state index < -0.39 is 0 Å². The number of amides is 1. The van der Waals surface area contributed by atoms with Crippen LogP contribution in [0.15, 0.2) is 0 Å². The van der Waals surface area contributed by atoms with Gasteiger partial charge in [0.25, 0.3) is 0 Å². The lowest BCUT2D eigenvalue weighted by Gasteiger charge is -2.35. The highest BCUT2D eigenvalue weighted by Gasteiger charge is 2.40. The quantitative estimate of drug-likeness (QED) is 0.743. The molecule has 0 radical (unpaired) electrons. The topological polar surface area (TPSA) is 37.4 Å². The third kappa shape index (κ3) is 3.87. The summed E-state index contributed by atoms with van der Waals surface area (Å²) in [6, 6.07) is 0.210. The third-order valence-corrected chi connectivity index (χ3v) is 5.27. The number of carbonyl (C=O) groups is 2. The van der Waals surface area contributed by atoms with Crippen molar-refractivity contribution in [3.8, 4) is 0 Å². The van der Waals surface area contributed by atoms with Crippen molar-refractivity contribution in [1.29, 1.82) is 0 Å². The van der Waals surface area contributed by atoms with E-state index in [0.29, 0.717) is 11.7 Å². The van der Waals surface area contributed by atoms with Gasteiger partial charge < -0.3 is 4.90 Å². The van der Waals surface area contributed by atoms with Crippen molar-refractivity contribution in [3.63, 3.8) is 0 Å². The summed E-state index contributed by atoms with van der Waals surface area (Å²) in [6.45, 7) is 5.18. The Morgan fingerprint density at radius 2 is 1.86 bits per heavy atom. The Morgan fingerprint density at radius 1 is 1.14 bits per heavy atom. The molecule has 3 nitrogen and oxygen atoms in total. The summed E-state index contributed by atoms with van der Waals surface area (Å²) >= 11 is 0. The predicted molar refractivity (Wildman–Crippen MR) is 85.0 cm³/mol. The number of hydrogen-bond acceptors (Lipinski definition) is 2. The van der Waals surface area contributed by atoms with Gasteiger partial charge >= 0.3 is 0 Å². The molecule has 3 heteroatoms. The molecule has 1 saturated carbocycles. The summed E-state index contributed by atoms with van der Waals surface area (Å²) < 4.78 is 0. The monoisotopic (exact) mass is 293 g/mol. The molecule has 1 amide bonds. The highest BCUT2D eigenvalue weighted by atomic mass is 16.2. The number of nitrogens with zero attached hydrogens (tertiary/aromatic N) is 1. The van der Waals surface area contributed by atoms with Crippen LogP contribution >= 0.6 is 0 Å². The van der Waals surface area contributed by atoms with Crippen molar-refractivity contribution < 1.29 is 9.59 Å². The van der Waals surface area contributed by atoms with E-state index in [1.165, 1.54) is 0 Å². The average Bonchev–Trinajstić information content (AvgIpc) is 2.96. The smallest absolute Gasteiger partial charge is 0.225 e. The second-order valence-corrected chi connectivity index (χ2v) is 6.83. The Hall–Kier alpha value is -0.860. The number of ketones is 1. The van der Waals surface area contributed by atoms with Gasteiger partial charge in [0.05, 0.1) is 0 Å². The maximum absolute atomic E-state index is 12.9. The van der Waals surface area contributed by atoms with E-state index in [4.69, 9.17) is 0 Å². The maximum atomic E-state index is 12.9. The summed E-state index contributed by atoms with van der Waals surface area (Å²) in [4.78, 5) is 27.2. The predicted octanol–water partition coefficient (Wildman–Crippen LogP) is 3.95. The van der Waals surface area contributed by atoms with Crippen LogP contribution in [0.1, 0.15) is 78.1 Å². The van der Waals surface area contributed by atoms with E-state index in [0.717, 1.165) is 70.8 Å². The first-order valence-electron chi connectivity index (χ1n) is 9.02. The number of Topliss-reactive ketones (excluding diaryl/α,β-unsaturated/α-hetero) is 1. The molecule has 0 aromatic rings. The largest absolute Gasteiger partial charge is 0.339 e. The highest BCUT2D eigenvalue weighted by Crippen LogP contribution is 2.34. The Balaban J connectivity index is 2.05. The van der Waals surface area contributed by atoms with Gasteiger partial charge in [0.1, 0.15) is 5.78 Å². The summed E-state index contributed by atoms with van der Waals surface area (Å²) in [5, 5.41) is 0. The molecular formula is C18H31NO2. The Kier molecular flexibility index (Phi) is 6.25. The van der Waals surface area contributed by atoms with Crippen molar-refractivity contribution in [1.82, 2.24) is 4.90 Å². The molecule has 0 bridgehead atoms. The van der Waals surface area contributed by atoms with Gasteiger partial charge in [0, 0.05) is 30.8 Å². The van der Waals surface area contributed by atoms with Gasteiger partial charge in [-0.25, -0.2) is 0 Å². The fourth-order valence-electron chi connectivity index (χ4n) is 4.22. The van der Waals surface area contributed by atoms with Crippen LogP contribution < -0.4 is 0 Å². The molecule has 21 heavy (non-hydrogen) atoms. The first-order chi connectivity index (χ1) is 10.2. The molecule has 2 rings (SSSR count). The van der Waals surface area contributed by atoms with Gasteiger partial charge in [-0.2, -0.15) is 0 Å². The van der Waals surface area contributed by atoms with E-state index in [1.807, 2.05) is 0 Å². The molecule has 0 N–H and O–H groups in total. The second-order valence-electron chi connectivity index (χ2n) is 6.83. The van der Waals surface area contributed by atoms with Crippen LogP contribution in [0, 0.1) is 11.8 Å². The van der Waals surface area contributed by atoms with E-state index in [2.05, 4.69) is 18.7 Å². The van der Waals surface area contributed by atoms with Gasteiger partial charge in [-0.05, 0) is 38.5 Å². The molecule has 2 atom stereocenters. The SMILES string of the molecule is CCCC(CCC)C(=O)N1CCCC1C1CCCCC1=O. The van der Waals surface area contributed by atoms with Crippen LogP contribution in [0.25, 0.3) is 0 Å². The summed E-state index contributed by atoms with van der Waals surface area (Å²) in [5.41, 5.74) is 0. The molecule has 1 aliphatic carbocycles. The summed E-state index contributed by atoms with van der Waals surface area (Å²) in [7, 11) is 0. The standard InChI is InChI=1S/C18H31NO2/c1-3-8-14(9-4-2)18(21)19-13-7-11-16(19)15-10-5-6-12-17(15)20/h14-16H,3-13H2,1-2H3. The lowest BCUT2D eigenvalue weighted by atomic mass is 9.81. The Bertz CT molecular complexity index is 360. The minimum Gasteiger partial charge on any atom is -0.339 e. The third-order valence-electron chi connectivity index (χ3n) is 5.27. The molecule has 0 spiro atoms. The average molecular weight is 293 g/mol. The lowest BCUT2D eigenvalue weighted by Crippen LogP contribution is -2.46. The minimum atomic E-state index is 0.133. The van der Waals surface area contributed by atoms with Crippen molar-refractivity contribution in [2.75, 3.05) is 6.54 Å². The van der Waals surface area contributed by atoms with Crippen LogP contribution in [-0.2, 0) is 9.59 Å². The van der Waals surface area contributed by atoms with Crippen LogP contribution in [-0.4, -0.2) is 29.2 Å². The van der Waals surface area contributed by atoms with Gasteiger partial charge in [-0.15, -0.1) is 0 Å². The van der Waals surface area contributed by atoms with Crippen LogP contribution in [0.4, 0.5) is 0 Å². The van der Waals surface area contributed by atoms with Crippen LogP contribution in [0.3, 0.4) is 0 Å². The number of rotatable bonds is 6. The van der Waals surface area contributed by atoms with Crippen molar-refractivity contribution in [2.24, 2.45) is 11.8 Å². The molecule has 2 fully saturated rings. The van der Waals surface area contributed by atoms with E-state index in [-0.39, 0.29) is 17.9 Å². The van der Waals surface area contributed by atoms with Gasteiger partial charge in [0.2, 0.25) is 5.91 Å². The molecule has 2 aliphatic rings. The van der Waals surface area contributed by atoms with Crippen molar-refractivity contribution in [2.45, 2.75) is 84.1 Å². The summed E-state index contributed by atoms with van der Waals surface area (Å²) in [5.74, 6) is 1.06. The Morgan fingerprint density at radius 3 is 2.48 bits per heavy atom. The van der Waals surface area contributed by atoms with Crippen LogP contribution in [0.2, 0.25) is 0 Å². The fraction of sp³-hybridized carbons (Fsp3) is 0.889. The molecule has 120 valence electrons. The van der Waals surface area contributed by atoms with Crippen molar-refractivity contribution >= 4 is 11.7 Å². The van der Waals surface area contributed by atoms with Gasteiger partial charge in [-0.3, -0.25) is 9.59 Å². The second kappa shape index (κ2) is 7.95. The Labute approximate surface area is 129 Å². The first-order valence-corrected chi connectivity index (χ1v) is 9.02. The molecule has 1 aliphatic heterocycles. The zero-order valence-electron chi connectivity index (χ0n) is 13.8. The molecule has 1 heterocycles. The normalized spacial score (nSPS) is 26.6. The first kappa shape index (κ1) is 16.5. The highest BCUT2D eigenvalue weighted by molar-refractivity contribution is 5.84. The van der Waals surface area contributed by atoms with Gasteiger partial charge in [0.15, 0.2) is 0 Å². The minimum absolute atomic E-state index is 0.133. The van der Waals surface area contributed by atoms with Gasteiger partial charge in [-0.1, -0.05) is 33.1 Å². The van der Waals surface area contributed by atoms with E-state index in [9.17, 15) is 9.59 Å². The molecule has 0 aromatic carbocycles. The van der Waals surface area contributed by atoms with E-state index in [1.54, 1.807) is 0 Å². The zero-order valence-corrected chi connectivity index (χ0v) is 13.8. The molecule has 2 unspecified atom stereocenters. The number of carbonyl (C=O) groups excluding carboxylic acids is 2. The summed E-state index contributed by atoms with van der Waals surface area (Å²) in [6.07, 6.45) is 10.2. The maximum Gasteiger partial charge on any atom is 0.225 e. The lowest BCUT2D eigenvalue weighted by molar-refractivity contribution is -0.139. The fourth-order valence-corrected chi connectivity index (χ4v) is 4.22. The molecular weight excluding hydrogens is 262 g/mol. The number of hydrogen-bond donors (Lipinski definition) is 0. The van der Waals surface area contributed by atoms with E-state index >= 15 is 0 Å². The zero-order chi connectivity index (χ0) is 15.2. The molecule has 0 aromatic heterocycles. The van der Waals surface area contributed by atoms with Crippen LogP contribution in [0.5, 0.6) is 0 Å². The number of likely N-dealkylation sites (tertiary alicyclic amines) is 1. The molecule has 1 saturated heterocycles.